The Morgan fingerprint density at radius 1 is 1.17 bits per heavy atom. The number of benzene rings is 1. The molecule has 0 N–H and O–H groups in total. The van der Waals surface area contributed by atoms with Crippen molar-refractivity contribution in [2.75, 3.05) is 0 Å². The number of pyridine rings is 1. The molecule has 0 aliphatic rings. The summed E-state index contributed by atoms with van der Waals surface area (Å²) < 4.78 is 0. The maximum absolute atomic E-state index is 11.8. The molecule has 0 fully saturated rings. The number of ketones is 1. The summed E-state index contributed by atoms with van der Waals surface area (Å²) >= 11 is 7.63. The second kappa shape index (κ2) is 7.26. The number of nitrogens with zero attached hydrogens (tertiary/aromatic N) is 1. The Bertz CT molecular complexity index is 840. The third-order valence-electron chi connectivity index (χ3n) is 3.49. The quantitative estimate of drug-likeness (QED) is 0.529. The Morgan fingerprint density at radius 3 is 2.52 bits per heavy atom. The van der Waals surface area contributed by atoms with Crippen LogP contribution in [0.25, 0.3) is 20.9 Å². The molecule has 0 saturated heterocycles. The molecule has 0 aliphatic carbocycles. The first kappa shape index (κ1) is 17.7. The Morgan fingerprint density at radius 2 is 1.87 bits per heavy atom. The number of thiophene rings is 1. The highest BCUT2D eigenvalue weighted by Crippen LogP contribution is 2.39. The van der Waals surface area contributed by atoms with Crippen LogP contribution in [-0.4, -0.2) is 10.8 Å². The lowest BCUT2D eigenvalue weighted by Gasteiger charge is -2.05. The van der Waals surface area contributed by atoms with Crippen LogP contribution in [0.5, 0.6) is 0 Å². The molecule has 23 heavy (non-hydrogen) atoms. The summed E-state index contributed by atoms with van der Waals surface area (Å²) in [4.78, 5) is 18.2. The lowest BCUT2D eigenvalue weighted by molar-refractivity contribution is 0.101. The maximum atomic E-state index is 11.8. The number of carbonyl (C=O) groups is 1. The number of aromatic nitrogens is 1. The minimum Gasteiger partial charge on any atom is -0.294 e. The van der Waals surface area contributed by atoms with Crippen molar-refractivity contribution in [2.45, 2.75) is 13.8 Å². The third kappa shape index (κ3) is 3.63. The van der Waals surface area contributed by atoms with Crippen molar-refractivity contribution in [3.05, 3.63) is 64.9 Å². The van der Waals surface area contributed by atoms with Gasteiger partial charge in [-0.2, -0.15) is 0 Å². The van der Waals surface area contributed by atoms with Crippen LogP contribution in [0.2, 0.25) is 5.02 Å². The highest BCUT2D eigenvalue weighted by molar-refractivity contribution is 7.19. The van der Waals surface area contributed by atoms with Gasteiger partial charge in [-0.1, -0.05) is 23.7 Å². The van der Waals surface area contributed by atoms with Gasteiger partial charge in [0.25, 0.3) is 0 Å². The van der Waals surface area contributed by atoms with Crippen molar-refractivity contribution in [2.24, 2.45) is 0 Å². The molecule has 0 spiro atoms. The fraction of sp³-hybridized carbons (Fsp3) is 0.111. The van der Waals surface area contributed by atoms with Crippen molar-refractivity contribution in [3.63, 3.8) is 0 Å². The van der Waals surface area contributed by atoms with Crippen molar-refractivity contribution < 1.29 is 4.79 Å². The van der Waals surface area contributed by atoms with Gasteiger partial charge in [0, 0.05) is 38.3 Å². The van der Waals surface area contributed by atoms with Gasteiger partial charge in [0.15, 0.2) is 5.78 Å². The molecule has 0 radical (unpaired) electrons. The first-order valence-corrected chi connectivity index (χ1v) is 8.07. The average Bonchev–Trinajstić information content (AvgIpc) is 2.89. The number of hydrogen-bond acceptors (Lipinski definition) is 3. The molecule has 5 heteroatoms. The number of aryl methyl sites for hydroxylation is 1. The highest BCUT2D eigenvalue weighted by atomic mass is 35.5. The maximum Gasteiger partial charge on any atom is 0.162 e. The van der Waals surface area contributed by atoms with E-state index in [1.165, 1.54) is 0 Å². The Balaban J connectivity index is 0.00000192. The van der Waals surface area contributed by atoms with Gasteiger partial charge >= 0.3 is 0 Å². The van der Waals surface area contributed by atoms with E-state index >= 15 is 0 Å². The van der Waals surface area contributed by atoms with Crippen LogP contribution in [0.3, 0.4) is 0 Å². The van der Waals surface area contributed by atoms with E-state index in [2.05, 4.69) is 18.0 Å². The predicted octanol–water partition coefficient (Wildman–Crippen LogP) is 6.06. The zero-order chi connectivity index (χ0) is 15.7. The second-order valence-electron chi connectivity index (χ2n) is 5.11. The van der Waals surface area contributed by atoms with E-state index in [1.54, 1.807) is 30.7 Å². The van der Waals surface area contributed by atoms with E-state index < -0.39 is 0 Å². The molecule has 0 atom stereocenters. The lowest BCUT2D eigenvalue weighted by atomic mass is 10.0. The average molecular weight is 364 g/mol. The van der Waals surface area contributed by atoms with Crippen molar-refractivity contribution in [1.82, 2.24) is 4.98 Å². The Labute approximate surface area is 150 Å². The SMILES string of the molecule is CC(=O)c1cnccc1-c1sc(-c2ccc(Cl)cc2)cc1C.Cl. The first-order valence-electron chi connectivity index (χ1n) is 6.88. The van der Waals surface area contributed by atoms with Gasteiger partial charge in [-0.25, -0.2) is 0 Å². The smallest absolute Gasteiger partial charge is 0.162 e. The standard InChI is InChI=1S/C18H14ClNOS.ClH/c1-11-9-17(13-3-5-14(19)6-4-13)22-18(11)15-7-8-20-10-16(15)12(2)21;/h3-10H,1-2H3;1H. The van der Waals surface area contributed by atoms with E-state index in [4.69, 9.17) is 11.6 Å². The molecule has 2 nitrogen and oxygen atoms in total. The van der Waals surface area contributed by atoms with Gasteiger partial charge in [0.2, 0.25) is 0 Å². The molecular formula is C18H15Cl2NOS. The van der Waals surface area contributed by atoms with Crippen LogP contribution in [0.15, 0.2) is 48.8 Å². The van der Waals surface area contributed by atoms with Crippen molar-refractivity contribution in [1.29, 1.82) is 0 Å². The third-order valence-corrected chi connectivity index (χ3v) is 5.06. The van der Waals surface area contributed by atoms with Crippen molar-refractivity contribution in [3.8, 4) is 20.9 Å². The summed E-state index contributed by atoms with van der Waals surface area (Å²) in [7, 11) is 0. The van der Waals surface area contributed by atoms with Gasteiger partial charge in [-0.05, 0) is 49.2 Å². The number of hydrogen-bond donors (Lipinski definition) is 0. The molecular weight excluding hydrogens is 349 g/mol. The fourth-order valence-electron chi connectivity index (χ4n) is 2.38. The Kier molecular flexibility index (Phi) is 5.58. The topological polar surface area (TPSA) is 30.0 Å². The molecule has 1 aromatic carbocycles. The number of Topliss-reactive ketones (excluding diaryl/α,β-unsaturated/α-hetero) is 1. The molecule has 0 bridgehead atoms. The van der Waals surface area contributed by atoms with Crippen LogP contribution in [0.1, 0.15) is 22.8 Å². The predicted molar refractivity (Wildman–Crippen MR) is 100.0 cm³/mol. The molecule has 2 heterocycles. The van der Waals surface area contributed by atoms with Crippen LogP contribution in [0.4, 0.5) is 0 Å². The van der Waals surface area contributed by atoms with Crippen LogP contribution >= 0.6 is 35.3 Å². The second-order valence-corrected chi connectivity index (χ2v) is 6.60. The van der Waals surface area contributed by atoms with Crippen molar-refractivity contribution >= 4 is 41.1 Å². The van der Waals surface area contributed by atoms with Crippen LogP contribution in [0, 0.1) is 6.92 Å². The number of halogens is 2. The Hall–Kier alpha value is -1.68. The molecule has 3 rings (SSSR count). The summed E-state index contributed by atoms with van der Waals surface area (Å²) in [5.74, 6) is 0.0314. The zero-order valence-corrected chi connectivity index (χ0v) is 15.1. The van der Waals surface area contributed by atoms with Gasteiger partial charge in [-0.3, -0.25) is 9.78 Å². The lowest BCUT2D eigenvalue weighted by Crippen LogP contribution is -1.96. The zero-order valence-electron chi connectivity index (χ0n) is 12.7. The van der Waals surface area contributed by atoms with Crippen LogP contribution < -0.4 is 0 Å². The van der Waals surface area contributed by atoms with E-state index in [0.717, 1.165) is 31.5 Å². The molecule has 0 unspecified atom stereocenters. The number of carbonyl (C=O) groups excluding carboxylic acids is 1. The summed E-state index contributed by atoms with van der Waals surface area (Å²) in [5, 5.41) is 0.727. The molecule has 3 aromatic rings. The molecule has 0 amide bonds. The monoisotopic (exact) mass is 363 g/mol. The first-order chi connectivity index (χ1) is 10.6. The fourth-order valence-corrected chi connectivity index (χ4v) is 3.72. The summed E-state index contributed by atoms with van der Waals surface area (Å²) in [6, 6.07) is 11.8. The minimum absolute atomic E-state index is 0. The minimum atomic E-state index is 0. The molecule has 118 valence electrons. The van der Waals surface area contributed by atoms with Gasteiger partial charge in [0.05, 0.1) is 0 Å². The number of rotatable bonds is 3. The molecule has 0 saturated carbocycles. The van der Waals surface area contributed by atoms with E-state index in [9.17, 15) is 4.79 Å². The molecule has 0 aliphatic heterocycles. The summed E-state index contributed by atoms with van der Waals surface area (Å²) in [6.45, 7) is 3.64. The summed E-state index contributed by atoms with van der Waals surface area (Å²) in [6.07, 6.45) is 3.36. The van der Waals surface area contributed by atoms with Gasteiger partial charge < -0.3 is 0 Å². The van der Waals surface area contributed by atoms with E-state index in [-0.39, 0.29) is 18.2 Å². The van der Waals surface area contributed by atoms with Gasteiger partial charge in [-0.15, -0.1) is 23.7 Å². The van der Waals surface area contributed by atoms with E-state index in [1.807, 2.05) is 30.3 Å². The summed E-state index contributed by atoms with van der Waals surface area (Å²) in [5.41, 5.74) is 3.89. The van der Waals surface area contributed by atoms with Crippen LogP contribution in [-0.2, 0) is 0 Å². The van der Waals surface area contributed by atoms with E-state index in [0.29, 0.717) is 5.56 Å². The largest absolute Gasteiger partial charge is 0.294 e. The van der Waals surface area contributed by atoms with Gasteiger partial charge in [0.1, 0.15) is 0 Å². The molecule has 2 aromatic heterocycles. The highest BCUT2D eigenvalue weighted by Gasteiger charge is 2.15. The normalized spacial score (nSPS) is 10.2.